The van der Waals surface area contributed by atoms with Crippen LogP contribution in [0.5, 0.6) is 5.88 Å². The Labute approximate surface area is 167 Å². The molecule has 0 fully saturated rings. The SMILES string of the molecule is COc1c(C(=O)c2ccc(Cl)c(C(C)=C(C)C)c2C)c(C)nn1CC(C)C. The molecule has 0 aliphatic heterocycles. The number of allylic oxidation sites excluding steroid dienone is 2. The molecule has 0 N–H and O–H groups in total. The van der Waals surface area contributed by atoms with E-state index in [0.717, 1.165) is 16.7 Å². The number of rotatable bonds is 6. The maximum atomic E-state index is 13.4. The van der Waals surface area contributed by atoms with Gasteiger partial charge >= 0.3 is 0 Å². The first-order valence-corrected chi connectivity index (χ1v) is 9.57. The van der Waals surface area contributed by atoms with Crippen LogP contribution in [0.3, 0.4) is 0 Å². The summed E-state index contributed by atoms with van der Waals surface area (Å²) in [7, 11) is 1.58. The number of ether oxygens (including phenoxy) is 1. The number of methoxy groups -OCH3 is 1. The molecular formula is C22H29ClN2O2. The first-order valence-electron chi connectivity index (χ1n) is 9.19. The predicted octanol–water partition coefficient (Wildman–Crippen LogP) is 5.86. The van der Waals surface area contributed by atoms with E-state index < -0.39 is 0 Å². The number of carbonyl (C=O) groups excluding carboxylic acids is 1. The largest absolute Gasteiger partial charge is 0.481 e. The third kappa shape index (κ3) is 4.11. The average Bonchev–Trinajstić information content (AvgIpc) is 2.88. The van der Waals surface area contributed by atoms with Gasteiger partial charge in [-0.05, 0) is 69.4 Å². The molecule has 27 heavy (non-hydrogen) atoms. The minimum atomic E-state index is -0.0867. The van der Waals surface area contributed by atoms with Gasteiger partial charge in [-0.15, -0.1) is 0 Å². The van der Waals surface area contributed by atoms with Crippen molar-refractivity contribution in [3.63, 3.8) is 0 Å². The quantitative estimate of drug-likeness (QED) is 0.582. The van der Waals surface area contributed by atoms with Gasteiger partial charge in [0.15, 0.2) is 0 Å². The van der Waals surface area contributed by atoms with Crippen LogP contribution in [0.1, 0.15) is 67.4 Å². The number of aryl methyl sites for hydroxylation is 1. The monoisotopic (exact) mass is 388 g/mol. The van der Waals surface area contributed by atoms with Crippen molar-refractivity contribution in [3.8, 4) is 5.88 Å². The normalized spacial score (nSPS) is 11.0. The molecule has 0 bridgehead atoms. The fourth-order valence-corrected chi connectivity index (χ4v) is 3.61. The molecule has 2 aromatic rings. The molecule has 0 aliphatic carbocycles. The van der Waals surface area contributed by atoms with Crippen LogP contribution in [0.2, 0.25) is 5.02 Å². The molecule has 2 rings (SSSR count). The molecule has 146 valence electrons. The lowest BCUT2D eigenvalue weighted by Gasteiger charge is -2.15. The van der Waals surface area contributed by atoms with Crippen LogP contribution in [0.4, 0.5) is 0 Å². The molecule has 0 unspecified atom stereocenters. The van der Waals surface area contributed by atoms with Gasteiger partial charge in [0.1, 0.15) is 5.56 Å². The molecule has 1 aromatic heterocycles. The zero-order chi connectivity index (χ0) is 20.5. The second-order valence-electron chi connectivity index (χ2n) is 7.59. The molecule has 0 aliphatic rings. The average molecular weight is 389 g/mol. The van der Waals surface area contributed by atoms with E-state index >= 15 is 0 Å². The number of aromatic nitrogens is 2. The van der Waals surface area contributed by atoms with Gasteiger partial charge in [-0.1, -0.05) is 31.0 Å². The Morgan fingerprint density at radius 3 is 2.33 bits per heavy atom. The topological polar surface area (TPSA) is 44.1 Å². The van der Waals surface area contributed by atoms with Crippen molar-refractivity contribution in [1.29, 1.82) is 0 Å². The smallest absolute Gasteiger partial charge is 0.223 e. The van der Waals surface area contributed by atoms with Crippen molar-refractivity contribution < 1.29 is 9.53 Å². The molecule has 1 aromatic carbocycles. The van der Waals surface area contributed by atoms with Gasteiger partial charge in [-0.3, -0.25) is 4.79 Å². The predicted molar refractivity (Wildman–Crippen MR) is 112 cm³/mol. The molecule has 0 saturated heterocycles. The summed E-state index contributed by atoms with van der Waals surface area (Å²) in [4.78, 5) is 13.4. The van der Waals surface area contributed by atoms with Gasteiger partial charge in [0, 0.05) is 17.1 Å². The summed E-state index contributed by atoms with van der Waals surface area (Å²) in [5, 5.41) is 5.19. The first-order chi connectivity index (χ1) is 12.6. The molecule has 5 heteroatoms. The van der Waals surface area contributed by atoms with Gasteiger partial charge in [-0.2, -0.15) is 5.10 Å². The Morgan fingerprint density at radius 2 is 1.81 bits per heavy atom. The number of halogens is 1. The van der Waals surface area contributed by atoms with E-state index in [4.69, 9.17) is 16.3 Å². The maximum Gasteiger partial charge on any atom is 0.223 e. The van der Waals surface area contributed by atoms with Crippen molar-refractivity contribution in [2.24, 2.45) is 5.92 Å². The molecule has 0 atom stereocenters. The summed E-state index contributed by atoms with van der Waals surface area (Å²) in [5.41, 5.74) is 5.88. The van der Waals surface area contributed by atoms with Gasteiger partial charge in [0.25, 0.3) is 0 Å². The van der Waals surface area contributed by atoms with E-state index in [2.05, 4.69) is 18.9 Å². The lowest BCUT2D eigenvalue weighted by Crippen LogP contribution is -2.11. The summed E-state index contributed by atoms with van der Waals surface area (Å²) in [6.45, 7) is 14.8. The van der Waals surface area contributed by atoms with Crippen molar-refractivity contribution >= 4 is 23.0 Å². The Kier molecular flexibility index (Phi) is 6.53. The van der Waals surface area contributed by atoms with Crippen molar-refractivity contribution in [1.82, 2.24) is 9.78 Å². The van der Waals surface area contributed by atoms with Crippen LogP contribution >= 0.6 is 11.6 Å². The van der Waals surface area contributed by atoms with E-state index in [1.165, 1.54) is 5.57 Å². The molecule has 0 amide bonds. The Bertz CT molecular complexity index is 904. The number of hydrogen-bond acceptors (Lipinski definition) is 3. The standard InChI is InChI=1S/C22H29ClN2O2/c1-12(2)11-25-22(27-8)20(16(7)24-25)21(26)17-9-10-18(23)19(15(17)6)14(5)13(3)4/h9-10,12H,11H2,1-8H3. The number of hydrogen-bond donors (Lipinski definition) is 0. The van der Waals surface area contributed by atoms with Crippen LogP contribution in [0, 0.1) is 19.8 Å². The van der Waals surface area contributed by atoms with Crippen molar-refractivity contribution in [3.05, 3.63) is 50.7 Å². The van der Waals surface area contributed by atoms with E-state index in [1.54, 1.807) is 23.9 Å². The summed E-state index contributed by atoms with van der Waals surface area (Å²) in [6.07, 6.45) is 0. The fraction of sp³-hybridized carbons (Fsp3) is 0.455. The van der Waals surface area contributed by atoms with Crippen LogP contribution < -0.4 is 4.74 Å². The summed E-state index contributed by atoms with van der Waals surface area (Å²) < 4.78 is 7.34. The Balaban J connectivity index is 2.65. The number of nitrogens with zero attached hydrogens (tertiary/aromatic N) is 2. The summed E-state index contributed by atoms with van der Waals surface area (Å²) in [6, 6.07) is 3.59. The highest BCUT2D eigenvalue weighted by Crippen LogP contribution is 2.34. The lowest BCUT2D eigenvalue weighted by atomic mass is 9.91. The molecule has 0 spiro atoms. The number of carbonyl (C=O) groups is 1. The first kappa shape index (κ1) is 21.2. The molecule has 4 nitrogen and oxygen atoms in total. The minimum absolute atomic E-state index is 0.0867. The van der Waals surface area contributed by atoms with E-state index in [0.29, 0.717) is 40.2 Å². The van der Waals surface area contributed by atoms with Gasteiger partial charge < -0.3 is 4.74 Å². The summed E-state index contributed by atoms with van der Waals surface area (Å²) in [5.74, 6) is 0.822. The minimum Gasteiger partial charge on any atom is -0.481 e. The highest BCUT2D eigenvalue weighted by Gasteiger charge is 2.26. The Hall–Kier alpha value is -2.07. The van der Waals surface area contributed by atoms with Gasteiger partial charge in [0.05, 0.1) is 12.8 Å². The lowest BCUT2D eigenvalue weighted by molar-refractivity contribution is 0.103. The highest BCUT2D eigenvalue weighted by molar-refractivity contribution is 6.32. The maximum absolute atomic E-state index is 13.4. The van der Waals surface area contributed by atoms with Crippen LogP contribution in [-0.4, -0.2) is 22.7 Å². The van der Waals surface area contributed by atoms with E-state index in [9.17, 15) is 4.79 Å². The molecule has 0 saturated carbocycles. The van der Waals surface area contributed by atoms with Gasteiger partial charge in [-0.25, -0.2) is 4.68 Å². The third-order valence-electron chi connectivity index (χ3n) is 4.82. The fourth-order valence-electron chi connectivity index (χ4n) is 3.27. The number of ketones is 1. The molecular weight excluding hydrogens is 360 g/mol. The van der Waals surface area contributed by atoms with Crippen LogP contribution in [0.15, 0.2) is 17.7 Å². The summed E-state index contributed by atoms with van der Waals surface area (Å²) >= 11 is 6.46. The second kappa shape index (κ2) is 8.30. The number of benzene rings is 1. The van der Waals surface area contributed by atoms with Crippen LogP contribution in [-0.2, 0) is 6.54 Å². The Morgan fingerprint density at radius 1 is 1.19 bits per heavy atom. The second-order valence-corrected chi connectivity index (χ2v) is 8.00. The molecule has 1 heterocycles. The van der Waals surface area contributed by atoms with Crippen LogP contribution in [0.25, 0.3) is 5.57 Å². The molecule has 0 radical (unpaired) electrons. The van der Waals surface area contributed by atoms with Crippen molar-refractivity contribution in [2.45, 2.75) is 55.0 Å². The van der Waals surface area contributed by atoms with E-state index in [-0.39, 0.29) is 5.78 Å². The zero-order valence-corrected chi connectivity index (χ0v) is 18.3. The van der Waals surface area contributed by atoms with E-state index in [1.807, 2.05) is 34.6 Å². The highest BCUT2D eigenvalue weighted by atomic mass is 35.5. The third-order valence-corrected chi connectivity index (χ3v) is 5.14. The zero-order valence-electron chi connectivity index (χ0n) is 17.5. The van der Waals surface area contributed by atoms with Crippen molar-refractivity contribution in [2.75, 3.05) is 7.11 Å². The van der Waals surface area contributed by atoms with Gasteiger partial charge in [0.2, 0.25) is 11.7 Å².